The van der Waals surface area contributed by atoms with Crippen molar-refractivity contribution < 1.29 is 23.1 Å². The fraction of sp³-hybridized carbons (Fsp3) is 0.467. The van der Waals surface area contributed by atoms with Crippen molar-refractivity contribution in [1.82, 2.24) is 5.32 Å². The van der Waals surface area contributed by atoms with Crippen LogP contribution in [0, 0.1) is 12.8 Å². The molecule has 7 heteroatoms. The molecule has 1 amide bonds. The van der Waals surface area contributed by atoms with Crippen LogP contribution in [-0.4, -0.2) is 37.7 Å². The van der Waals surface area contributed by atoms with Crippen LogP contribution in [0.25, 0.3) is 0 Å². The first-order valence-electron chi connectivity index (χ1n) is 6.86. The quantitative estimate of drug-likeness (QED) is 0.827. The zero-order valence-electron chi connectivity index (χ0n) is 13.1. The summed E-state index contributed by atoms with van der Waals surface area (Å²) >= 11 is 0. The summed E-state index contributed by atoms with van der Waals surface area (Å²) in [6.45, 7) is 5.38. The van der Waals surface area contributed by atoms with E-state index in [1.807, 2.05) is 13.8 Å². The lowest BCUT2D eigenvalue weighted by atomic mass is 10.0. The number of aliphatic carboxylic acids is 1. The minimum Gasteiger partial charge on any atom is -0.480 e. The van der Waals surface area contributed by atoms with Crippen molar-refractivity contribution >= 4 is 21.7 Å². The largest absolute Gasteiger partial charge is 0.480 e. The van der Waals surface area contributed by atoms with Crippen molar-refractivity contribution in [3.63, 3.8) is 0 Å². The van der Waals surface area contributed by atoms with Crippen molar-refractivity contribution in [2.45, 2.75) is 38.1 Å². The maximum atomic E-state index is 12.3. The van der Waals surface area contributed by atoms with Crippen LogP contribution in [0.3, 0.4) is 0 Å². The molecule has 0 saturated carbocycles. The number of aryl methyl sites for hydroxylation is 1. The van der Waals surface area contributed by atoms with Crippen LogP contribution in [0.15, 0.2) is 23.1 Å². The van der Waals surface area contributed by atoms with Gasteiger partial charge in [0.2, 0.25) is 0 Å². The molecule has 0 bridgehead atoms. The zero-order chi connectivity index (χ0) is 17.1. The Bertz CT molecular complexity index is 679. The Morgan fingerprint density at radius 3 is 2.32 bits per heavy atom. The van der Waals surface area contributed by atoms with Crippen molar-refractivity contribution in [2.75, 3.05) is 6.26 Å². The molecule has 0 saturated heterocycles. The van der Waals surface area contributed by atoms with Gasteiger partial charge < -0.3 is 10.4 Å². The average molecular weight is 327 g/mol. The van der Waals surface area contributed by atoms with Crippen LogP contribution in [-0.2, 0) is 14.6 Å². The number of nitrogens with one attached hydrogen (secondary N) is 1. The summed E-state index contributed by atoms with van der Waals surface area (Å²) < 4.78 is 23.1. The first-order chi connectivity index (χ1) is 10.0. The number of hydrogen-bond acceptors (Lipinski definition) is 4. The van der Waals surface area contributed by atoms with E-state index >= 15 is 0 Å². The highest BCUT2D eigenvalue weighted by atomic mass is 32.2. The lowest BCUT2D eigenvalue weighted by molar-refractivity contribution is -0.139. The van der Waals surface area contributed by atoms with Crippen molar-refractivity contribution in [2.24, 2.45) is 5.92 Å². The maximum Gasteiger partial charge on any atom is 0.326 e. The van der Waals surface area contributed by atoms with E-state index in [1.54, 1.807) is 6.92 Å². The van der Waals surface area contributed by atoms with Crippen LogP contribution < -0.4 is 5.32 Å². The molecule has 6 nitrogen and oxygen atoms in total. The molecule has 1 atom stereocenters. The van der Waals surface area contributed by atoms with Gasteiger partial charge in [-0.1, -0.05) is 19.9 Å². The molecule has 0 spiro atoms. The van der Waals surface area contributed by atoms with E-state index in [2.05, 4.69) is 5.32 Å². The van der Waals surface area contributed by atoms with Crippen molar-refractivity contribution in [3.8, 4) is 0 Å². The van der Waals surface area contributed by atoms with E-state index < -0.39 is 27.8 Å². The fourth-order valence-electron chi connectivity index (χ4n) is 2.01. The smallest absolute Gasteiger partial charge is 0.326 e. The predicted molar refractivity (Wildman–Crippen MR) is 82.6 cm³/mol. The molecule has 2 N–H and O–H groups in total. The molecule has 0 aliphatic rings. The molecule has 0 fully saturated rings. The highest BCUT2D eigenvalue weighted by Gasteiger charge is 2.23. The Hall–Kier alpha value is -1.89. The summed E-state index contributed by atoms with van der Waals surface area (Å²) in [6.07, 6.45) is 1.35. The highest BCUT2D eigenvalue weighted by Crippen LogP contribution is 2.16. The SMILES string of the molecule is Cc1ccc(S(C)(=O)=O)cc1C(=O)N[C@H](CC(C)C)C(=O)O. The third-order valence-electron chi connectivity index (χ3n) is 3.19. The van der Waals surface area contributed by atoms with Crippen molar-refractivity contribution in [3.05, 3.63) is 29.3 Å². The van der Waals surface area contributed by atoms with E-state index in [9.17, 15) is 18.0 Å². The van der Waals surface area contributed by atoms with E-state index in [0.717, 1.165) is 6.26 Å². The topological polar surface area (TPSA) is 101 Å². The van der Waals surface area contributed by atoms with Crippen LogP contribution in [0.1, 0.15) is 36.2 Å². The van der Waals surface area contributed by atoms with Crippen LogP contribution in [0.5, 0.6) is 0 Å². The number of hydrogen-bond donors (Lipinski definition) is 2. The number of carbonyl (C=O) groups excluding carboxylic acids is 1. The minimum atomic E-state index is -3.44. The van der Waals surface area contributed by atoms with E-state index in [1.165, 1.54) is 18.2 Å². The van der Waals surface area contributed by atoms with E-state index in [4.69, 9.17) is 5.11 Å². The molecule has 0 heterocycles. The molecule has 0 unspecified atom stereocenters. The zero-order valence-corrected chi connectivity index (χ0v) is 13.9. The second kappa shape index (κ2) is 6.91. The van der Waals surface area contributed by atoms with Gasteiger partial charge in [-0.2, -0.15) is 0 Å². The molecular formula is C15H21NO5S. The van der Waals surface area contributed by atoms with Gasteiger partial charge in [0, 0.05) is 11.8 Å². The van der Waals surface area contributed by atoms with Gasteiger partial charge in [0.1, 0.15) is 6.04 Å². The molecule has 0 aliphatic carbocycles. The Kier molecular flexibility index (Phi) is 5.71. The van der Waals surface area contributed by atoms with E-state index in [0.29, 0.717) is 12.0 Å². The Morgan fingerprint density at radius 1 is 1.27 bits per heavy atom. The van der Waals surface area contributed by atoms with Crippen LogP contribution in [0.2, 0.25) is 0 Å². The molecular weight excluding hydrogens is 306 g/mol. The number of carboxylic acid groups (broad SMARTS) is 1. The Morgan fingerprint density at radius 2 is 1.86 bits per heavy atom. The lowest BCUT2D eigenvalue weighted by Gasteiger charge is -2.17. The highest BCUT2D eigenvalue weighted by molar-refractivity contribution is 7.90. The molecule has 122 valence electrons. The van der Waals surface area contributed by atoms with E-state index in [-0.39, 0.29) is 16.4 Å². The fourth-order valence-corrected chi connectivity index (χ4v) is 2.65. The summed E-state index contributed by atoms with van der Waals surface area (Å²) in [6, 6.07) is 3.22. The molecule has 1 aromatic carbocycles. The average Bonchev–Trinajstić information content (AvgIpc) is 2.36. The summed E-state index contributed by atoms with van der Waals surface area (Å²) in [5.74, 6) is -1.60. The number of carbonyl (C=O) groups is 2. The maximum absolute atomic E-state index is 12.3. The Labute approximate surface area is 130 Å². The number of amides is 1. The standard InChI is InChI=1S/C15H21NO5S/c1-9(2)7-13(15(18)19)16-14(17)12-8-11(22(4,20)21)6-5-10(12)3/h5-6,8-9,13H,7H2,1-4H3,(H,16,17)(H,18,19)/t13-/m1/s1. The third-order valence-corrected chi connectivity index (χ3v) is 4.30. The van der Waals surface area contributed by atoms with Gasteiger partial charge in [0.05, 0.1) is 4.90 Å². The lowest BCUT2D eigenvalue weighted by Crippen LogP contribution is -2.41. The number of sulfone groups is 1. The normalized spacial score (nSPS) is 13.0. The summed E-state index contributed by atoms with van der Waals surface area (Å²) in [4.78, 5) is 23.5. The first kappa shape index (κ1) is 18.2. The molecule has 0 aliphatic heterocycles. The number of rotatable bonds is 6. The van der Waals surface area contributed by atoms with Gasteiger partial charge in [-0.3, -0.25) is 4.79 Å². The van der Waals surface area contributed by atoms with Gasteiger partial charge in [0.15, 0.2) is 9.84 Å². The monoisotopic (exact) mass is 327 g/mol. The predicted octanol–water partition coefficient (Wildman–Crippen LogP) is 1.63. The molecule has 1 aromatic rings. The number of benzene rings is 1. The summed E-state index contributed by atoms with van der Waals surface area (Å²) in [5, 5.41) is 11.6. The first-order valence-corrected chi connectivity index (χ1v) is 8.76. The van der Waals surface area contributed by atoms with Crippen molar-refractivity contribution in [1.29, 1.82) is 0 Å². The second-order valence-corrected chi connectivity index (χ2v) is 7.76. The Balaban J connectivity index is 3.09. The summed E-state index contributed by atoms with van der Waals surface area (Å²) in [7, 11) is -3.44. The van der Waals surface area contributed by atoms with Crippen LogP contribution >= 0.6 is 0 Å². The number of carboxylic acids is 1. The van der Waals surface area contributed by atoms with Gasteiger partial charge in [0.25, 0.3) is 5.91 Å². The third kappa shape index (κ3) is 4.84. The molecule has 1 rings (SSSR count). The van der Waals surface area contributed by atoms with Gasteiger partial charge in [-0.25, -0.2) is 13.2 Å². The van der Waals surface area contributed by atoms with Gasteiger partial charge in [-0.05, 0) is 37.0 Å². The minimum absolute atomic E-state index is 0.0268. The van der Waals surface area contributed by atoms with Gasteiger partial charge in [-0.15, -0.1) is 0 Å². The molecule has 22 heavy (non-hydrogen) atoms. The second-order valence-electron chi connectivity index (χ2n) is 5.74. The van der Waals surface area contributed by atoms with Crippen LogP contribution in [0.4, 0.5) is 0 Å². The van der Waals surface area contributed by atoms with Gasteiger partial charge >= 0.3 is 5.97 Å². The molecule has 0 aromatic heterocycles. The summed E-state index contributed by atoms with van der Waals surface area (Å²) in [5.41, 5.74) is 0.747. The molecule has 0 radical (unpaired) electrons.